The largest absolute Gasteiger partial charge is 0.478 e. The lowest BCUT2D eigenvalue weighted by Crippen LogP contribution is -2.13. The molecule has 0 aliphatic carbocycles. The van der Waals surface area contributed by atoms with Crippen molar-refractivity contribution in [1.29, 1.82) is 0 Å². The van der Waals surface area contributed by atoms with Crippen LogP contribution in [0, 0.1) is 6.92 Å². The molecule has 1 amide bonds. The van der Waals surface area contributed by atoms with Crippen LogP contribution in [0.4, 0.5) is 5.69 Å². The van der Waals surface area contributed by atoms with Crippen LogP contribution in [0.1, 0.15) is 26.4 Å². The van der Waals surface area contributed by atoms with Crippen LogP contribution in [0.2, 0.25) is 5.02 Å². The van der Waals surface area contributed by atoms with E-state index in [0.717, 1.165) is 0 Å². The summed E-state index contributed by atoms with van der Waals surface area (Å²) in [6, 6.07) is 4.11. The van der Waals surface area contributed by atoms with Crippen molar-refractivity contribution in [2.45, 2.75) is 6.92 Å². The zero-order valence-corrected chi connectivity index (χ0v) is 11.6. The van der Waals surface area contributed by atoms with E-state index < -0.39 is 5.97 Å². The Morgan fingerprint density at radius 2 is 2.10 bits per heavy atom. The first kappa shape index (κ1) is 14.1. The van der Waals surface area contributed by atoms with Gasteiger partial charge in [-0.2, -0.15) is 5.10 Å². The van der Waals surface area contributed by atoms with Crippen LogP contribution < -0.4 is 5.32 Å². The average molecular weight is 294 g/mol. The van der Waals surface area contributed by atoms with Crippen LogP contribution in [0.3, 0.4) is 0 Å². The molecule has 1 aromatic heterocycles. The predicted molar refractivity (Wildman–Crippen MR) is 74.3 cm³/mol. The number of hydrogen-bond donors (Lipinski definition) is 2. The summed E-state index contributed by atoms with van der Waals surface area (Å²) < 4.78 is 1.53. The number of amides is 1. The highest BCUT2D eigenvalue weighted by atomic mass is 35.5. The van der Waals surface area contributed by atoms with Gasteiger partial charge in [-0.25, -0.2) is 4.79 Å². The molecule has 104 valence electrons. The zero-order valence-electron chi connectivity index (χ0n) is 10.8. The predicted octanol–water partition coefficient (Wildman–Crippen LogP) is 2.33. The van der Waals surface area contributed by atoms with E-state index in [0.29, 0.717) is 11.3 Å². The molecule has 0 radical (unpaired) electrons. The van der Waals surface area contributed by atoms with Crippen molar-refractivity contribution in [2.75, 3.05) is 5.32 Å². The third-order valence-corrected chi connectivity index (χ3v) is 3.05. The monoisotopic (exact) mass is 293 g/mol. The second-order valence-electron chi connectivity index (χ2n) is 4.26. The highest BCUT2D eigenvalue weighted by Gasteiger charge is 2.15. The Labute approximate surface area is 120 Å². The lowest BCUT2D eigenvalue weighted by atomic mass is 10.2. The molecule has 7 heteroatoms. The number of anilines is 1. The molecule has 2 aromatic rings. The molecule has 1 aromatic carbocycles. The smallest absolute Gasteiger partial charge is 0.335 e. The number of carboxylic acids is 1. The number of benzene rings is 1. The molecule has 6 nitrogen and oxygen atoms in total. The van der Waals surface area contributed by atoms with Gasteiger partial charge in [0.15, 0.2) is 0 Å². The summed E-state index contributed by atoms with van der Waals surface area (Å²) >= 11 is 5.95. The van der Waals surface area contributed by atoms with Crippen LogP contribution in [0.5, 0.6) is 0 Å². The Hall–Kier alpha value is -2.34. The molecule has 0 fully saturated rings. The normalized spacial score (nSPS) is 10.3. The molecule has 0 atom stereocenters. The fourth-order valence-electron chi connectivity index (χ4n) is 1.77. The fraction of sp³-hybridized carbons (Fsp3) is 0.154. The minimum absolute atomic E-state index is 0.0487. The molecule has 0 unspecified atom stereocenters. The Morgan fingerprint density at radius 1 is 1.40 bits per heavy atom. The van der Waals surface area contributed by atoms with E-state index in [-0.39, 0.29) is 22.2 Å². The molecule has 0 aliphatic rings. The number of nitrogens with one attached hydrogen (secondary N) is 1. The van der Waals surface area contributed by atoms with E-state index >= 15 is 0 Å². The third-order valence-electron chi connectivity index (χ3n) is 2.72. The van der Waals surface area contributed by atoms with E-state index in [1.807, 2.05) is 0 Å². The molecule has 2 rings (SSSR count). The van der Waals surface area contributed by atoms with Crippen molar-refractivity contribution in [3.05, 3.63) is 46.2 Å². The van der Waals surface area contributed by atoms with Gasteiger partial charge in [-0.3, -0.25) is 9.48 Å². The van der Waals surface area contributed by atoms with E-state index in [1.165, 1.54) is 22.9 Å². The molecule has 0 spiro atoms. The third kappa shape index (κ3) is 2.80. The molecule has 20 heavy (non-hydrogen) atoms. The number of aromatic carboxylic acids is 1. The number of aromatic nitrogens is 2. The molecular formula is C13H12ClN3O3. The van der Waals surface area contributed by atoms with Gasteiger partial charge < -0.3 is 10.4 Å². The maximum absolute atomic E-state index is 12.1. The Bertz CT molecular complexity index is 694. The molecule has 2 N–H and O–H groups in total. The lowest BCUT2D eigenvalue weighted by Gasteiger charge is -2.07. The molecule has 0 bridgehead atoms. The van der Waals surface area contributed by atoms with Gasteiger partial charge in [-0.05, 0) is 25.1 Å². The van der Waals surface area contributed by atoms with Gasteiger partial charge in [0, 0.05) is 13.2 Å². The van der Waals surface area contributed by atoms with Gasteiger partial charge in [-0.1, -0.05) is 11.6 Å². The van der Waals surface area contributed by atoms with Gasteiger partial charge in [0.2, 0.25) is 0 Å². The number of nitrogens with zero attached hydrogens (tertiary/aromatic N) is 2. The number of aryl methyl sites for hydroxylation is 2. The van der Waals surface area contributed by atoms with E-state index in [9.17, 15) is 9.59 Å². The van der Waals surface area contributed by atoms with Crippen molar-refractivity contribution < 1.29 is 14.7 Å². The molecule has 0 saturated carbocycles. The van der Waals surface area contributed by atoms with Crippen molar-refractivity contribution in [1.82, 2.24) is 9.78 Å². The summed E-state index contributed by atoms with van der Waals surface area (Å²) in [4.78, 5) is 23.0. The second-order valence-corrected chi connectivity index (χ2v) is 4.66. The Morgan fingerprint density at radius 3 is 2.65 bits per heavy atom. The van der Waals surface area contributed by atoms with Crippen LogP contribution in [0.25, 0.3) is 0 Å². The number of rotatable bonds is 3. The van der Waals surface area contributed by atoms with Crippen LogP contribution in [-0.2, 0) is 7.05 Å². The first-order valence-corrected chi connectivity index (χ1v) is 6.10. The summed E-state index contributed by atoms with van der Waals surface area (Å²) in [6.07, 6.45) is 1.58. The van der Waals surface area contributed by atoms with Crippen LogP contribution in [-0.4, -0.2) is 26.8 Å². The van der Waals surface area contributed by atoms with Crippen molar-refractivity contribution in [3.8, 4) is 0 Å². The number of carbonyl (C=O) groups is 2. The highest BCUT2D eigenvalue weighted by Crippen LogP contribution is 2.24. The summed E-state index contributed by atoms with van der Waals surface area (Å²) in [5.41, 5.74) is 1.28. The van der Waals surface area contributed by atoms with Gasteiger partial charge in [0.1, 0.15) is 0 Å². The molecule has 1 heterocycles. The first-order valence-electron chi connectivity index (χ1n) is 5.73. The average Bonchev–Trinajstić information content (AvgIpc) is 2.71. The van der Waals surface area contributed by atoms with Crippen LogP contribution >= 0.6 is 11.6 Å². The standard InChI is InChI=1S/C13H12ClN3O3/c1-7-9(6-17(2)16-7)12(18)15-11-5-8(13(19)20)3-4-10(11)14/h3-6H,1-2H3,(H,15,18)(H,19,20). The van der Waals surface area contributed by atoms with E-state index in [4.69, 9.17) is 16.7 Å². The lowest BCUT2D eigenvalue weighted by molar-refractivity contribution is 0.0696. The van der Waals surface area contributed by atoms with Gasteiger partial charge in [0.05, 0.1) is 27.5 Å². The minimum Gasteiger partial charge on any atom is -0.478 e. The van der Waals surface area contributed by atoms with Crippen molar-refractivity contribution >= 4 is 29.2 Å². The maximum atomic E-state index is 12.1. The summed E-state index contributed by atoms with van der Waals surface area (Å²) in [5.74, 6) is -1.48. The summed E-state index contributed by atoms with van der Waals surface area (Å²) in [6.45, 7) is 1.71. The number of hydrogen-bond acceptors (Lipinski definition) is 3. The minimum atomic E-state index is -1.09. The van der Waals surface area contributed by atoms with Crippen molar-refractivity contribution in [3.63, 3.8) is 0 Å². The highest BCUT2D eigenvalue weighted by molar-refractivity contribution is 6.34. The van der Waals surface area contributed by atoms with Gasteiger partial charge >= 0.3 is 5.97 Å². The molecule has 0 saturated heterocycles. The fourth-order valence-corrected chi connectivity index (χ4v) is 1.93. The topological polar surface area (TPSA) is 84.2 Å². The van der Waals surface area contributed by atoms with Gasteiger partial charge in [0.25, 0.3) is 5.91 Å². The van der Waals surface area contributed by atoms with Crippen molar-refractivity contribution in [2.24, 2.45) is 7.05 Å². The number of halogens is 1. The zero-order chi connectivity index (χ0) is 14.9. The van der Waals surface area contributed by atoms with Gasteiger partial charge in [-0.15, -0.1) is 0 Å². The number of carboxylic acid groups (broad SMARTS) is 1. The quantitative estimate of drug-likeness (QED) is 0.909. The number of carbonyl (C=O) groups excluding carboxylic acids is 1. The van der Waals surface area contributed by atoms with E-state index in [1.54, 1.807) is 20.2 Å². The SMILES string of the molecule is Cc1nn(C)cc1C(=O)Nc1cc(C(=O)O)ccc1Cl. The molecule has 0 aliphatic heterocycles. The molecular weight excluding hydrogens is 282 g/mol. The second kappa shape index (κ2) is 5.34. The summed E-state index contributed by atoms with van der Waals surface area (Å²) in [7, 11) is 1.71. The maximum Gasteiger partial charge on any atom is 0.335 e. The first-order chi connectivity index (χ1) is 9.38. The van der Waals surface area contributed by atoms with E-state index in [2.05, 4.69) is 10.4 Å². The summed E-state index contributed by atoms with van der Waals surface area (Å²) in [5, 5.41) is 15.9. The Kier molecular flexibility index (Phi) is 3.76. The Balaban J connectivity index is 2.30. The van der Waals surface area contributed by atoms with Crippen LogP contribution in [0.15, 0.2) is 24.4 Å².